The summed E-state index contributed by atoms with van der Waals surface area (Å²) >= 11 is 0. The largest absolute Gasteiger partial charge is 0.378 e. The molecule has 0 aliphatic rings. The molecule has 1 rings (SSSR count). The summed E-state index contributed by atoms with van der Waals surface area (Å²) in [5.74, 6) is 0.359. The van der Waals surface area contributed by atoms with Gasteiger partial charge < -0.3 is 10.2 Å². The maximum absolute atomic E-state index is 11.8. The number of anilines is 1. The van der Waals surface area contributed by atoms with Crippen molar-refractivity contribution in [1.29, 1.82) is 0 Å². The molecule has 1 atom stereocenters. The molecule has 5 heteroatoms. The van der Waals surface area contributed by atoms with Crippen LogP contribution in [0, 0.1) is 0 Å². The average molecular weight is 254 g/mol. The average Bonchev–Trinajstić information content (AvgIpc) is 2.28. The van der Waals surface area contributed by atoms with Crippen molar-refractivity contribution in [3.8, 4) is 0 Å². The van der Waals surface area contributed by atoms with E-state index in [4.69, 9.17) is 0 Å². The predicted molar refractivity (Wildman–Crippen MR) is 72.0 cm³/mol. The fraction of sp³-hybridized carbons (Fsp3) is 0.417. The zero-order valence-electron chi connectivity index (χ0n) is 10.4. The van der Waals surface area contributed by atoms with Crippen molar-refractivity contribution in [3.05, 3.63) is 29.8 Å². The summed E-state index contributed by atoms with van der Waals surface area (Å²) in [4.78, 5) is 13.7. The summed E-state index contributed by atoms with van der Waals surface area (Å²) in [7, 11) is 2.98. The van der Waals surface area contributed by atoms with Crippen LogP contribution in [0.2, 0.25) is 0 Å². The SMILES string of the molecule is CN(C)c1cccc(C(=O)NCC[S@](C)=O)c1. The third-order valence-electron chi connectivity index (χ3n) is 2.30. The van der Waals surface area contributed by atoms with E-state index in [1.165, 1.54) is 0 Å². The molecule has 1 amide bonds. The highest BCUT2D eigenvalue weighted by molar-refractivity contribution is 7.84. The van der Waals surface area contributed by atoms with E-state index >= 15 is 0 Å². The van der Waals surface area contributed by atoms with Gasteiger partial charge in [0.05, 0.1) is 0 Å². The molecule has 0 aliphatic carbocycles. The van der Waals surface area contributed by atoms with E-state index in [0.717, 1.165) is 5.69 Å². The van der Waals surface area contributed by atoms with Crippen LogP contribution >= 0.6 is 0 Å². The molecule has 4 nitrogen and oxygen atoms in total. The van der Waals surface area contributed by atoms with Gasteiger partial charge in [0.1, 0.15) is 0 Å². The van der Waals surface area contributed by atoms with Crippen molar-refractivity contribution in [2.45, 2.75) is 0 Å². The van der Waals surface area contributed by atoms with Gasteiger partial charge in [-0.15, -0.1) is 0 Å². The van der Waals surface area contributed by atoms with Crippen LogP contribution in [0.15, 0.2) is 24.3 Å². The Balaban J connectivity index is 2.62. The van der Waals surface area contributed by atoms with E-state index < -0.39 is 10.8 Å². The van der Waals surface area contributed by atoms with Gasteiger partial charge in [-0.2, -0.15) is 0 Å². The monoisotopic (exact) mass is 254 g/mol. The Labute approximate surface area is 104 Å². The summed E-state index contributed by atoms with van der Waals surface area (Å²) in [6.45, 7) is 0.439. The number of carbonyl (C=O) groups excluding carboxylic acids is 1. The van der Waals surface area contributed by atoms with E-state index in [1.54, 1.807) is 12.3 Å². The zero-order chi connectivity index (χ0) is 12.8. The Bertz CT molecular complexity index is 419. The van der Waals surface area contributed by atoms with Crippen LogP contribution in [-0.4, -0.2) is 42.8 Å². The third-order valence-corrected chi connectivity index (χ3v) is 3.08. The molecule has 0 radical (unpaired) electrons. The molecule has 0 aromatic heterocycles. The topological polar surface area (TPSA) is 49.4 Å². The highest BCUT2D eigenvalue weighted by Crippen LogP contribution is 2.13. The van der Waals surface area contributed by atoms with Gasteiger partial charge in [-0.05, 0) is 18.2 Å². The first-order valence-corrected chi connectivity index (χ1v) is 7.09. The van der Waals surface area contributed by atoms with Crippen molar-refractivity contribution in [2.75, 3.05) is 37.5 Å². The van der Waals surface area contributed by atoms with Gasteiger partial charge in [0.25, 0.3) is 5.91 Å². The van der Waals surface area contributed by atoms with Gasteiger partial charge in [0.15, 0.2) is 0 Å². The van der Waals surface area contributed by atoms with Gasteiger partial charge in [-0.1, -0.05) is 6.07 Å². The standard InChI is InChI=1S/C12H18N2O2S/c1-14(2)11-6-4-5-10(9-11)12(15)13-7-8-17(3)16/h4-6,9H,7-8H2,1-3H3,(H,13,15)/t17-/m0/s1. The van der Waals surface area contributed by atoms with E-state index in [0.29, 0.717) is 17.9 Å². The molecule has 1 aromatic rings. The minimum atomic E-state index is -0.873. The number of hydrogen-bond donors (Lipinski definition) is 1. The lowest BCUT2D eigenvalue weighted by Gasteiger charge is -2.13. The number of carbonyl (C=O) groups is 1. The van der Waals surface area contributed by atoms with Crippen molar-refractivity contribution in [2.24, 2.45) is 0 Å². The molecule has 0 unspecified atom stereocenters. The second-order valence-corrected chi connectivity index (χ2v) is 5.53. The summed E-state index contributed by atoms with van der Waals surface area (Å²) in [6.07, 6.45) is 1.62. The molecule has 94 valence electrons. The lowest BCUT2D eigenvalue weighted by molar-refractivity contribution is 0.0956. The number of amides is 1. The molecule has 0 saturated heterocycles. The van der Waals surface area contributed by atoms with Crippen LogP contribution in [0.4, 0.5) is 5.69 Å². The van der Waals surface area contributed by atoms with Crippen LogP contribution in [-0.2, 0) is 10.8 Å². The lowest BCUT2D eigenvalue weighted by Crippen LogP contribution is -2.27. The fourth-order valence-corrected chi connectivity index (χ4v) is 1.73. The summed E-state index contributed by atoms with van der Waals surface area (Å²) in [5, 5.41) is 2.75. The van der Waals surface area contributed by atoms with Crippen molar-refractivity contribution >= 4 is 22.4 Å². The van der Waals surface area contributed by atoms with Gasteiger partial charge in [0, 0.05) is 54.7 Å². The maximum Gasteiger partial charge on any atom is 0.251 e. The minimum Gasteiger partial charge on any atom is -0.378 e. The van der Waals surface area contributed by atoms with Crippen LogP contribution < -0.4 is 10.2 Å². The second-order valence-electron chi connectivity index (χ2n) is 3.98. The predicted octanol–water partition coefficient (Wildman–Crippen LogP) is 0.861. The lowest BCUT2D eigenvalue weighted by atomic mass is 10.2. The van der Waals surface area contributed by atoms with Crippen LogP contribution in [0.5, 0.6) is 0 Å². The van der Waals surface area contributed by atoms with Gasteiger partial charge in [-0.25, -0.2) is 0 Å². The second kappa shape index (κ2) is 6.39. The minimum absolute atomic E-state index is 0.126. The molecule has 0 aliphatic heterocycles. The Hall–Kier alpha value is -1.36. The molecule has 0 spiro atoms. The summed E-state index contributed by atoms with van der Waals surface area (Å²) in [6, 6.07) is 7.39. The number of nitrogens with zero attached hydrogens (tertiary/aromatic N) is 1. The summed E-state index contributed by atoms with van der Waals surface area (Å²) in [5.41, 5.74) is 1.61. The molecule has 0 heterocycles. The van der Waals surface area contributed by atoms with Gasteiger partial charge in [-0.3, -0.25) is 9.00 Å². The number of rotatable bonds is 5. The molecule has 0 bridgehead atoms. The maximum atomic E-state index is 11.8. The smallest absolute Gasteiger partial charge is 0.251 e. The van der Waals surface area contributed by atoms with E-state index in [-0.39, 0.29) is 5.91 Å². The Morgan fingerprint density at radius 3 is 2.71 bits per heavy atom. The van der Waals surface area contributed by atoms with Gasteiger partial charge in [0.2, 0.25) is 0 Å². The molecule has 17 heavy (non-hydrogen) atoms. The Kier molecular flexibility index (Phi) is 5.15. The third kappa shape index (κ3) is 4.56. The molecule has 0 saturated carbocycles. The molecule has 1 N–H and O–H groups in total. The van der Waals surface area contributed by atoms with Crippen LogP contribution in [0.1, 0.15) is 10.4 Å². The zero-order valence-corrected chi connectivity index (χ0v) is 11.2. The van der Waals surface area contributed by atoms with Crippen molar-refractivity contribution in [3.63, 3.8) is 0 Å². The van der Waals surface area contributed by atoms with E-state index in [2.05, 4.69) is 5.32 Å². The van der Waals surface area contributed by atoms with Crippen molar-refractivity contribution < 1.29 is 9.00 Å². The highest BCUT2D eigenvalue weighted by Gasteiger charge is 2.06. The van der Waals surface area contributed by atoms with Crippen LogP contribution in [0.25, 0.3) is 0 Å². The highest BCUT2D eigenvalue weighted by atomic mass is 32.2. The summed E-state index contributed by atoms with van der Waals surface area (Å²) < 4.78 is 10.9. The molecule has 0 fully saturated rings. The number of nitrogens with one attached hydrogen (secondary N) is 1. The first kappa shape index (κ1) is 13.7. The van der Waals surface area contributed by atoms with Gasteiger partial charge >= 0.3 is 0 Å². The quantitative estimate of drug-likeness (QED) is 0.848. The van der Waals surface area contributed by atoms with E-state index in [9.17, 15) is 9.00 Å². The van der Waals surface area contributed by atoms with Crippen molar-refractivity contribution in [1.82, 2.24) is 5.32 Å². The first-order chi connectivity index (χ1) is 8.00. The molecular formula is C12H18N2O2S. The first-order valence-electron chi connectivity index (χ1n) is 5.36. The fourth-order valence-electron chi connectivity index (χ4n) is 1.34. The van der Waals surface area contributed by atoms with Crippen LogP contribution in [0.3, 0.4) is 0 Å². The normalized spacial score (nSPS) is 11.9. The molecule has 1 aromatic carbocycles. The molecular weight excluding hydrogens is 236 g/mol. The Morgan fingerprint density at radius 2 is 2.12 bits per heavy atom. The Morgan fingerprint density at radius 1 is 1.41 bits per heavy atom. The number of benzene rings is 1. The van der Waals surface area contributed by atoms with E-state index in [1.807, 2.05) is 37.2 Å². The number of hydrogen-bond acceptors (Lipinski definition) is 3.